The van der Waals surface area contributed by atoms with E-state index in [1.807, 2.05) is 59.8 Å². The third-order valence-corrected chi connectivity index (χ3v) is 6.27. The summed E-state index contributed by atoms with van der Waals surface area (Å²) in [6, 6.07) is 11.6. The second kappa shape index (κ2) is 9.62. The van der Waals surface area contributed by atoms with E-state index in [-0.39, 0.29) is 30.6 Å². The number of rotatable bonds is 7. The molecule has 1 saturated heterocycles. The summed E-state index contributed by atoms with van der Waals surface area (Å²) in [5, 5.41) is 3.90. The monoisotopic (exact) mass is 441 g/mol. The van der Waals surface area contributed by atoms with Crippen LogP contribution >= 0.6 is 11.8 Å². The number of carbonyl (C=O) groups excluding carboxylic acids is 2. The zero-order valence-electron chi connectivity index (χ0n) is 17.7. The average Bonchev–Trinajstić information content (AvgIpc) is 3.38. The van der Waals surface area contributed by atoms with Crippen LogP contribution in [0.5, 0.6) is 0 Å². The van der Waals surface area contributed by atoms with Crippen LogP contribution < -0.4 is 5.32 Å². The average molecular weight is 442 g/mol. The molecular weight excluding hydrogens is 414 g/mol. The molecule has 0 aliphatic carbocycles. The van der Waals surface area contributed by atoms with E-state index in [1.165, 1.54) is 11.8 Å². The first kappa shape index (κ1) is 21.5. The largest absolute Gasteiger partial charge is 0.467 e. The van der Waals surface area contributed by atoms with Gasteiger partial charge in [0.25, 0.3) is 0 Å². The number of aromatic nitrogens is 1. The Bertz CT molecular complexity index is 1040. The third kappa shape index (κ3) is 5.32. The number of furan rings is 1. The molecule has 3 aromatic rings. The quantitative estimate of drug-likeness (QED) is 0.570. The standard InChI is InChI=1S/C23H27N3O4S/c1-16-11-26(12-17(2)30-16)23(28)14-25-13-21(19-7-3-4-8-20(19)25)31-15-22(27)24-10-18-6-5-9-29-18/h3-9,13,16-17H,10-12,14-15H2,1-2H3,(H,24,27)/t16-,17-/m1/s1. The molecule has 0 spiro atoms. The minimum absolute atomic E-state index is 0.0416. The van der Waals surface area contributed by atoms with Gasteiger partial charge in [-0.1, -0.05) is 18.2 Å². The van der Waals surface area contributed by atoms with Crippen LogP contribution in [0.25, 0.3) is 10.9 Å². The highest BCUT2D eigenvalue weighted by Gasteiger charge is 2.26. The van der Waals surface area contributed by atoms with Crippen molar-refractivity contribution in [1.29, 1.82) is 0 Å². The minimum Gasteiger partial charge on any atom is -0.467 e. The predicted octanol–water partition coefficient (Wildman–Crippen LogP) is 3.28. The molecule has 164 valence electrons. The molecule has 0 bridgehead atoms. The van der Waals surface area contributed by atoms with Crippen LogP contribution in [0.3, 0.4) is 0 Å². The van der Waals surface area contributed by atoms with Gasteiger partial charge in [0.2, 0.25) is 11.8 Å². The fraction of sp³-hybridized carbons (Fsp3) is 0.391. The van der Waals surface area contributed by atoms with E-state index in [0.717, 1.165) is 21.6 Å². The summed E-state index contributed by atoms with van der Waals surface area (Å²) in [5.41, 5.74) is 0.990. The molecule has 7 nitrogen and oxygen atoms in total. The molecule has 2 aromatic heterocycles. The van der Waals surface area contributed by atoms with Gasteiger partial charge in [-0.05, 0) is 32.0 Å². The number of nitrogens with zero attached hydrogens (tertiary/aromatic N) is 2. The van der Waals surface area contributed by atoms with Crippen molar-refractivity contribution in [2.45, 2.75) is 44.0 Å². The molecule has 1 fully saturated rings. The van der Waals surface area contributed by atoms with Crippen LogP contribution in [0, 0.1) is 0 Å². The summed E-state index contributed by atoms with van der Waals surface area (Å²) in [4.78, 5) is 28.1. The molecule has 2 atom stereocenters. The molecule has 2 amide bonds. The van der Waals surface area contributed by atoms with E-state index in [4.69, 9.17) is 9.15 Å². The first-order valence-electron chi connectivity index (χ1n) is 10.4. The van der Waals surface area contributed by atoms with Crippen LogP contribution in [0.15, 0.2) is 58.2 Å². The molecule has 1 aliphatic heterocycles. The molecule has 31 heavy (non-hydrogen) atoms. The maximum atomic E-state index is 12.9. The van der Waals surface area contributed by atoms with Crippen molar-refractivity contribution in [3.05, 3.63) is 54.6 Å². The molecule has 1 N–H and O–H groups in total. The number of nitrogens with one attached hydrogen (secondary N) is 1. The van der Waals surface area contributed by atoms with Gasteiger partial charge in [0, 0.05) is 35.1 Å². The fourth-order valence-electron chi connectivity index (χ4n) is 3.88. The summed E-state index contributed by atoms with van der Waals surface area (Å²) in [6.07, 6.45) is 3.64. The Labute approximate surface area is 185 Å². The van der Waals surface area contributed by atoms with Crippen LogP contribution in [-0.4, -0.2) is 52.3 Å². The number of para-hydroxylation sites is 1. The Morgan fingerprint density at radius 3 is 2.65 bits per heavy atom. The molecule has 0 saturated carbocycles. The van der Waals surface area contributed by atoms with Gasteiger partial charge >= 0.3 is 0 Å². The van der Waals surface area contributed by atoms with Crippen LogP contribution in [0.4, 0.5) is 0 Å². The second-order valence-corrected chi connectivity index (χ2v) is 8.86. The Morgan fingerprint density at radius 1 is 1.13 bits per heavy atom. The van der Waals surface area contributed by atoms with E-state index in [9.17, 15) is 9.59 Å². The van der Waals surface area contributed by atoms with Crippen molar-refractivity contribution in [1.82, 2.24) is 14.8 Å². The number of morpholine rings is 1. The lowest BCUT2D eigenvalue weighted by Gasteiger charge is -2.35. The smallest absolute Gasteiger partial charge is 0.242 e. The van der Waals surface area contributed by atoms with Gasteiger partial charge in [0.05, 0.1) is 30.8 Å². The highest BCUT2D eigenvalue weighted by molar-refractivity contribution is 8.00. The summed E-state index contributed by atoms with van der Waals surface area (Å²) < 4.78 is 13.0. The lowest BCUT2D eigenvalue weighted by atomic mass is 10.2. The van der Waals surface area contributed by atoms with E-state index in [1.54, 1.807) is 12.3 Å². The highest BCUT2D eigenvalue weighted by Crippen LogP contribution is 2.30. The fourth-order valence-corrected chi connectivity index (χ4v) is 4.80. The van der Waals surface area contributed by atoms with Gasteiger partial charge in [-0.2, -0.15) is 0 Å². The van der Waals surface area contributed by atoms with E-state index in [0.29, 0.717) is 25.4 Å². The van der Waals surface area contributed by atoms with Crippen LogP contribution in [0.1, 0.15) is 19.6 Å². The molecule has 1 aliphatic rings. The molecule has 0 radical (unpaired) electrons. The van der Waals surface area contributed by atoms with E-state index >= 15 is 0 Å². The first-order chi connectivity index (χ1) is 15.0. The summed E-state index contributed by atoms with van der Waals surface area (Å²) in [7, 11) is 0. The lowest BCUT2D eigenvalue weighted by Crippen LogP contribution is -2.49. The van der Waals surface area contributed by atoms with Crippen molar-refractivity contribution in [2.75, 3.05) is 18.8 Å². The highest BCUT2D eigenvalue weighted by atomic mass is 32.2. The van der Waals surface area contributed by atoms with Crippen molar-refractivity contribution >= 4 is 34.5 Å². The number of benzene rings is 1. The van der Waals surface area contributed by atoms with Crippen LogP contribution in [0.2, 0.25) is 0 Å². The SMILES string of the molecule is C[C@@H]1CN(C(=O)Cn2cc(SCC(=O)NCc3ccco3)c3ccccc32)C[C@@H](C)O1. The maximum absolute atomic E-state index is 12.9. The van der Waals surface area contributed by atoms with Crippen molar-refractivity contribution < 1.29 is 18.7 Å². The maximum Gasteiger partial charge on any atom is 0.242 e. The third-order valence-electron chi connectivity index (χ3n) is 5.23. The van der Waals surface area contributed by atoms with Crippen LogP contribution in [-0.2, 0) is 27.4 Å². The first-order valence-corrected chi connectivity index (χ1v) is 11.4. The summed E-state index contributed by atoms with van der Waals surface area (Å²) in [5.74, 6) is 1.03. The van der Waals surface area contributed by atoms with Gasteiger partial charge in [-0.3, -0.25) is 9.59 Å². The second-order valence-electron chi connectivity index (χ2n) is 7.84. The van der Waals surface area contributed by atoms with Crippen molar-refractivity contribution in [3.8, 4) is 0 Å². The molecular formula is C23H27N3O4S. The molecule has 1 aromatic carbocycles. The van der Waals surface area contributed by atoms with Gasteiger partial charge < -0.3 is 23.9 Å². The number of carbonyl (C=O) groups is 2. The topological polar surface area (TPSA) is 76.7 Å². The number of hydrogen-bond acceptors (Lipinski definition) is 5. The summed E-state index contributed by atoms with van der Waals surface area (Å²) >= 11 is 1.47. The number of thioether (sulfide) groups is 1. The Kier molecular flexibility index (Phi) is 6.67. The molecule has 4 rings (SSSR count). The number of amides is 2. The normalized spacial score (nSPS) is 19.0. The van der Waals surface area contributed by atoms with Gasteiger partial charge in [0.15, 0.2) is 0 Å². The van der Waals surface area contributed by atoms with E-state index in [2.05, 4.69) is 5.32 Å². The van der Waals surface area contributed by atoms with Crippen molar-refractivity contribution in [3.63, 3.8) is 0 Å². The lowest BCUT2D eigenvalue weighted by molar-refractivity contribution is -0.143. The number of fused-ring (bicyclic) bond motifs is 1. The summed E-state index contributed by atoms with van der Waals surface area (Å²) in [6.45, 7) is 5.85. The molecule has 8 heteroatoms. The Morgan fingerprint density at radius 2 is 1.90 bits per heavy atom. The zero-order chi connectivity index (χ0) is 21.8. The van der Waals surface area contributed by atoms with E-state index < -0.39 is 0 Å². The minimum atomic E-state index is -0.0643. The molecule has 0 unspecified atom stereocenters. The number of hydrogen-bond donors (Lipinski definition) is 1. The Balaban J connectivity index is 1.42. The van der Waals surface area contributed by atoms with Gasteiger partial charge in [-0.15, -0.1) is 11.8 Å². The number of ether oxygens (including phenoxy) is 1. The van der Waals surface area contributed by atoms with Gasteiger partial charge in [0.1, 0.15) is 12.3 Å². The Hall–Kier alpha value is -2.71. The molecule has 3 heterocycles. The van der Waals surface area contributed by atoms with Gasteiger partial charge in [-0.25, -0.2) is 0 Å². The predicted molar refractivity (Wildman–Crippen MR) is 120 cm³/mol. The zero-order valence-corrected chi connectivity index (χ0v) is 18.6. The van der Waals surface area contributed by atoms with Crippen molar-refractivity contribution in [2.24, 2.45) is 0 Å².